The highest BCUT2D eigenvalue weighted by molar-refractivity contribution is 5.65. The lowest BCUT2D eigenvalue weighted by molar-refractivity contribution is 0.416. The maximum Gasteiger partial charge on any atom is 0.163 e. The van der Waals surface area contributed by atoms with E-state index in [1.54, 1.807) is 13.3 Å². The molecule has 0 radical (unpaired) electrons. The van der Waals surface area contributed by atoms with Crippen LogP contribution in [0.5, 0.6) is 5.75 Å². The molecular weight excluding hydrogens is 238 g/mol. The first-order chi connectivity index (χ1) is 9.02. The summed E-state index contributed by atoms with van der Waals surface area (Å²) in [6.45, 7) is 5.90. The third-order valence-electron chi connectivity index (χ3n) is 3.11. The second kappa shape index (κ2) is 5.36. The van der Waals surface area contributed by atoms with E-state index in [0.29, 0.717) is 5.82 Å². The maximum atomic E-state index is 5.87. The van der Waals surface area contributed by atoms with E-state index in [1.807, 2.05) is 39.0 Å². The Labute approximate surface area is 113 Å². The molecule has 2 rings (SSSR count). The van der Waals surface area contributed by atoms with Crippen molar-refractivity contribution in [3.05, 3.63) is 41.2 Å². The minimum Gasteiger partial charge on any atom is -0.496 e. The van der Waals surface area contributed by atoms with Gasteiger partial charge in [0.05, 0.1) is 12.7 Å². The molecule has 2 aromatic rings. The van der Waals surface area contributed by atoms with E-state index in [0.717, 1.165) is 28.1 Å². The van der Waals surface area contributed by atoms with Gasteiger partial charge in [0.25, 0.3) is 0 Å². The van der Waals surface area contributed by atoms with E-state index in [-0.39, 0.29) is 6.04 Å². The van der Waals surface area contributed by atoms with Crippen molar-refractivity contribution in [1.82, 2.24) is 9.97 Å². The molecule has 0 saturated carbocycles. The van der Waals surface area contributed by atoms with E-state index in [2.05, 4.69) is 9.97 Å². The highest BCUT2D eigenvalue weighted by atomic mass is 16.5. The number of ether oxygens (including phenoxy) is 1. The lowest BCUT2D eigenvalue weighted by atomic mass is 10.1. The van der Waals surface area contributed by atoms with Crippen molar-refractivity contribution in [3.63, 3.8) is 0 Å². The van der Waals surface area contributed by atoms with Crippen molar-refractivity contribution in [2.24, 2.45) is 5.73 Å². The van der Waals surface area contributed by atoms with Gasteiger partial charge in [-0.15, -0.1) is 0 Å². The van der Waals surface area contributed by atoms with E-state index in [4.69, 9.17) is 10.5 Å². The van der Waals surface area contributed by atoms with Crippen LogP contribution in [0.15, 0.2) is 24.4 Å². The van der Waals surface area contributed by atoms with E-state index >= 15 is 0 Å². The molecule has 0 unspecified atom stereocenters. The van der Waals surface area contributed by atoms with Gasteiger partial charge in [0.1, 0.15) is 5.75 Å². The van der Waals surface area contributed by atoms with Gasteiger partial charge in [-0.3, -0.25) is 0 Å². The van der Waals surface area contributed by atoms with Crippen molar-refractivity contribution in [1.29, 1.82) is 0 Å². The standard InChI is InChI=1S/C15H19N3O/c1-9-5-6-12(14(7-9)19-4)15-17-8-13(10(2)16)11(3)18-15/h5-8,10H,16H2,1-4H3/t10-/m0/s1. The number of aromatic nitrogens is 2. The molecule has 1 aromatic heterocycles. The predicted octanol–water partition coefficient (Wildman–Crippen LogP) is 2.79. The lowest BCUT2D eigenvalue weighted by Gasteiger charge is -2.12. The van der Waals surface area contributed by atoms with Crippen molar-refractivity contribution in [2.45, 2.75) is 26.8 Å². The smallest absolute Gasteiger partial charge is 0.163 e. The molecule has 0 fully saturated rings. The Hall–Kier alpha value is -1.94. The average Bonchev–Trinajstić information content (AvgIpc) is 2.37. The van der Waals surface area contributed by atoms with Crippen LogP contribution in [0.3, 0.4) is 0 Å². The number of nitrogens with zero attached hydrogens (tertiary/aromatic N) is 2. The van der Waals surface area contributed by atoms with Crippen LogP contribution in [0.1, 0.15) is 29.8 Å². The van der Waals surface area contributed by atoms with Crippen molar-refractivity contribution < 1.29 is 4.74 Å². The molecule has 0 aliphatic rings. The molecule has 1 heterocycles. The summed E-state index contributed by atoms with van der Waals surface area (Å²) in [5, 5.41) is 0. The summed E-state index contributed by atoms with van der Waals surface area (Å²) in [5.74, 6) is 1.45. The first-order valence-corrected chi connectivity index (χ1v) is 6.27. The normalized spacial score (nSPS) is 12.3. The fraction of sp³-hybridized carbons (Fsp3) is 0.333. The van der Waals surface area contributed by atoms with Gasteiger partial charge < -0.3 is 10.5 Å². The van der Waals surface area contributed by atoms with Crippen LogP contribution >= 0.6 is 0 Å². The monoisotopic (exact) mass is 257 g/mol. The SMILES string of the molecule is COc1cc(C)ccc1-c1ncc([C@H](C)N)c(C)n1. The van der Waals surface area contributed by atoms with Gasteiger partial charge >= 0.3 is 0 Å². The van der Waals surface area contributed by atoms with Crippen LogP contribution in [0, 0.1) is 13.8 Å². The summed E-state index contributed by atoms with van der Waals surface area (Å²) < 4.78 is 5.39. The third kappa shape index (κ3) is 2.74. The first-order valence-electron chi connectivity index (χ1n) is 6.27. The fourth-order valence-electron chi connectivity index (χ4n) is 2.04. The van der Waals surface area contributed by atoms with Crippen LogP contribution in [0.25, 0.3) is 11.4 Å². The number of rotatable bonds is 3. The van der Waals surface area contributed by atoms with Gasteiger partial charge in [-0.25, -0.2) is 9.97 Å². The minimum atomic E-state index is -0.0611. The molecule has 1 atom stereocenters. The topological polar surface area (TPSA) is 61.0 Å². The molecule has 0 aliphatic heterocycles. The number of hydrogen-bond acceptors (Lipinski definition) is 4. The van der Waals surface area contributed by atoms with Crippen molar-refractivity contribution in [3.8, 4) is 17.1 Å². The van der Waals surface area contributed by atoms with E-state index in [9.17, 15) is 0 Å². The molecule has 100 valence electrons. The number of hydrogen-bond donors (Lipinski definition) is 1. The molecule has 0 bridgehead atoms. The molecule has 0 amide bonds. The lowest BCUT2D eigenvalue weighted by Crippen LogP contribution is -2.09. The fourth-order valence-corrected chi connectivity index (χ4v) is 2.04. The quantitative estimate of drug-likeness (QED) is 0.918. The maximum absolute atomic E-state index is 5.87. The Balaban J connectivity index is 2.51. The number of nitrogens with two attached hydrogens (primary N) is 1. The van der Waals surface area contributed by atoms with Crippen LogP contribution in [0.4, 0.5) is 0 Å². The molecule has 0 aliphatic carbocycles. The molecule has 1 aromatic carbocycles. The summed E-state index contributed by atoms with van der Waals surface area (Å²) in [6.07, 6.45) is 1.79. The second-order valence-electron chi connectivity index (χ2n) is 4.73. The highest BCUT2D eigenvalue weighted by Crippen LogP contribution is 2.29. The summed E-state index contributed by atoms with van der Waals surface area (Å²) in [5.41, 5.74) is 9.79. The molecular formula is C15H19N3O. The Morgan fingerprint density at radius 2 is 2.00 bits per heavy atom. The zero-order valence-electron chi connectivity index (χ0n) is 11.8. The van der Waals surface area contributed by atoms with Crippen molar-refractivity contribution >= 4 is 0 Å². The van der Waals surface area contributed by atoms with Gasteiger partial charge in [-0.2, -0.15) is 0 Å². The number of aryl methyl sites for hydroxylation is 2. The van der Waals surface area contributed by atoms with Gasteiger partial charge in [-0.05, 0) is 38.5 Å². The largest absolute Gasteiger partial charge is 0.496 e. The summed E-state index contributed by atoms with van der Waals surface area (Å²) in [7, 11) is 1.65. The average molecular weight is 257 g/mol. The van der Waals surface area contributed by atoms with Gasteiger partial charge in [-0.1, -0.05) is 6.07 Å². The van der Waals surface area contributed by atoms with E-state index < -0.39 is 0 Å². The highest BCUT2D eigenvalue weighted by Gasteiger charge is 2.12. The van der Waals surface area contributed by atoms with Crippen LogP contribution in [-0.2, 0) is 0 Å². The second-order valence-corrected chi connectivity index (χ2v) is 4.73. The molecule has 0 saturated heterocycles. The predicted molar refractivity (Wildman–Crippen MR) is 76.1 cm³/mol. The van der Waals surface area contributed by atoms with Gasteiger partial charge in [0, 0.05) is 23.5 Å². The molecule has 19 heavy (non-hydrogen) atoms. The zero-order valence-corrected chi connectivity index (χ0v) is 11.8. The zero-order chi connectivity index (χ0) is 14.0. The van der Waals surface area contributed by atoms with Crippen LogP contribution in [-0.4, -0.2) is 17.1 Å². The van der Waals surface area contributed by atoms with Gasteiger partial charge in [0.2, 0.25) is 0 Å². The molecule has 4 nitrogen and oxygen atoms in total. The summed E-state index contributed by atoms with van der Waals surface area (Å²) >= 11 is 0. The van der Waals surface area contributed by atoms with Gasteiger partial charge in [0.15, 0.2) is 5.82 Å². The Kier molecular flexibility index (Phi) is 3.81. The Morgan fingerprint density at radius 1 is 1.26 bits per heavy atom. The van der Waals surface area contributed by atoms with E-state index in [1.165, 1.54) is 0 Å². The Morgan fingerprint density at radius 3 is 2.58 bits per heavy atom. The summed E-state index contributed by atoms with van der Waals surface area (Å²) in [4.78, 5) is 8.93. The Bertz CT molecular complexity index is 594. The summed E-state index contributed by atoms with van der Waals surface area (Å²) in [6, 6.07) is 5.92. The molecule has 0 spiro atoms. The van der Waals surface area contributed by atoms with Crippen LogP contribution in [0.2, 0.25) is 0 Å². The molecule has 2 N–H and O–H groups in total. The number of benzene rings is 1. The molecule has 4 heteroatoms. The van der Waals surface area contributed by atoms with Crippen LogP contribution < -0.4 is 10.5 Å². The third-order valence-corrected chi connectivity index (χ3v) is 3.11. The first kappa shape index (κ1) is 13.5. The van der Waals surface area contributed by atoms with Crippen molar-refractivity contribution in [2.75, 3.05) is 7.11 Å². The number of methoxy groups -OCH3 is 1. The minimum absolute atomic E-state index is 0.0611.